The van der Waals surface area contributed by atoms with Gasteiger partial charge >= 0.3 is 0 Å². The Morgan fingerprint density at radius 3 is 3.14 bits per heavy atom. The predicted octanol–water partition coefficient (Wildman–Crippen LogP) is 1.81. The van der Waals surface area contributed by atoms with E-state index in [1.165, 1.54) is 19.5 Å². The lowest BCUT2D eigenvalue weighted by molar-refractivity contribution is 0.0904. The minimum Gasteiger partial charge on any atom is -0.347 e. The average molecular weight is 305 g/mol. The first kappa shape index (κ1) is 13.1. The van der Waals surface area contributed by atoms with Crippen molar-refractivity contribution in [2.24, 2.45) is 5.92 Å². The second-order valence-corrected chi connectivity index (χ2v) is 6.52. The molecule has 1 N–H and O–H groups in total. The summed E-state index contributed by atoms with van der Waals surface area (Å²) in [5.74, 6) is 0.645. The van der Waals surface area contributed by atoms with Crippen LogP contribution < -0.4 is 5.32 Å². The van der Waals surface area contributed by atoms with Crippen LogP contribution in [0.3, 0.4) is 0 Å². The van der Waals surface area contributed by atoms with Crippen molar-refractivity contribution in [1.29, 1.82) is 0 Å². The highest BCUT2D eigenvalue weighted by atomic mass is 35.5. The van der Waals surface area contributed by atoms with E-state index in [-0.39, 0.29) is 11.9 Å². The highest BCUT2D eigenvalue weighted by molar-refractivity contribution is 6.31. The molecular formula is C15H17ClN4O. The third-order valence-electron chi connectivity index (χ3n) is 4.49. The van der Waals surface area contributed by atoms with E-state index in [0.29, 0.717) is 10.7 Å². The Bertz CT molecular complexity index is 686. The van der Waals surface area contributed by atoms with Gasteiger partial charge in [0.25, 0.3) is 5.91 Å². The Kier molecular flexibility index (Phi) is 3.12. The molecule has 0 radical (unpaired) electrons. The maximum Gasteiger partial charge on any atom is 0.270 e. The van der Waals surface area contributed by atoms with Crippen LogP contribution in [-0.2, 0) is 0 Å². The zero-order valence-corrected chi connectivity index (χ0v) is 12.4. The Hall–Kier alpha value is -1.59. The lowest BCUT2D eigenvalue weighted by atomic mass is 9.97. The van der Waals surface area contributed by atoms with Gasteiger partial charge in [-0.05, 0) is 37.4 Å². The molecule has 1 amide bonds. The van der Waals surface area contributed by atoms with Crippen LogP contribution in [0.15, 0.2) is 24.7 Å². The van der Waals surface area contributed by atoms with Gasteiger partial charge in [0.2, 0.25) is 0 Å². The van der Waals surface area contributed by atoms with E-state index < -0.39 is 0 Å². The maximum atomic E-state index is 12.4. The molecule has 2 fully saturated rings. The summed E-state index contributed by atoms with van der Waals surface area (Å²) in [5, 5.41) is 3.77. The number of nitrogens with one attached hydrogen (secondary N) is 1. The zero-order valence-electron chi connectivity index (χ0n) is 11.6. The lowest BCUT2D eigenvalue weighted by Gasteiger charge is -2.30. The van der Waals surface area contributed by atoms with E-state index in [2.05, 4.69) is 15.2 Å². The highest BCUT2D eigenvalue weighted by Gasteiger charge is 2.33. The van der Waals surface area contributed by atoms with Crippen LogP contribution in [0.5, 0.6) is 0 Å². The van der Waals surface area contributed by atoms with Gasteiger partial charge in [-0.3, -0.25) is 4.79 Å². The number of amides is 1. The molecule has 0 aromatic carbocycles. The second kappa shape index (κ2) is 5.00. The summed E-state index contributed by atoms with van der Waals surface area (Å²) in [6.07, 6.45) is 5.75. The van der Waals surface area contributed by atoms with Crippen LogP contribution in [0.2, 0.25) is 5.02 Å². The third kappa shape index (κ3) is 2.51. The van der Waals surface area contributed by atoms with E-state index in [4.69, 9.17) is 11.6 Å². The molecule has 6 heteroatoms. The number of hydrogen-bond donors (Lipinski definition) is 1. The van der Waals surface area contributed by atoms with Crippen molar-refractivity contribution < 1.29 is 4.79 Å². The van der Waals surface area contributed by atoms with Crippen LogP contribution in [0.25, 0.3) is 5.52 Å². The van der Waals surface area contributed by atoms with Crippen LogP contribution in [0.4, 0.5) is 0 Å². The van der Waals surface area contributed by atoms with Crippen LogP contribution in [0, 0.1) is 5.92 Å². The number of rotatable bonds is 2. The smallest absolute Gasteiger partial charge is 0.270 e. The van der Waals surface area contributed by atoms with Gasteiger partial charge in [0.15, 0.2) is 0 Å². The number of halogens is 1. The molecule has 5 nitrogen and oxygen atoms in total. The molecule has 4 heterocycles. The molecule has 3 atom stereocenters. The van der Waals surface area contributed by atoms with E-state index in [1.54, 1.807) is 18.6 Å². The normalized spacial score (nSPS) is 28.0. The Morgan fingerprint density at radius 1 is 1.38 bits per heavy atom. The molecule has 2 saturated heterocycles. The van der Waals surface area contributed by atoms with Gasteiger partial charge in [-0.1, -0.05) is 11.6 Å². The molecule has 110 valence electrons. The van der Waals surface area contributed by atoms with Crippen molar-refractivity contribution in [3.05, 3.63) is 35.4 Å². The standard InChI is InChI=1S/C15H17ClN4O/c16-11-4-13-5-14(17-9-20(13)7-11)15(21)18-12-3-10-1-2-19(6-10)8-12/h4-5,7,9-10,12H,1-3,6,8H2,(H,18,21)/t10-,12-/m1/s1. The molecule has 2 aliphatic heterocycles. The first-order chi connectivity index (χ1) is 10.2. The molecule has 1 unspecified atom stereocenters. The van der Waals surface area contributed by atoms with Gasteiger partial charge in [-0.2, -0.15) is 0 Å². The first-order valence-electron chi connectivity index (χ1n) is 7.34. The first-order valence-corrected chi connectivity index (χ1v) is 7.71. The molecular weight excluding hydrogens is 288 g/mol. The van der Waals surface area contributed by atoms with Crippen molar-refractivity contribution in [2.45, 2.75) is 18.9 Å². The summed E-state index contributed by atoms with van der Waals surface area (Å²) in [6, 6.07) is 3.85. The van der Waals surface area contributed by atoms with Gasteiger partial charge in [0.1, 0.15) is 12.0 Å². The van der Waals surface area contributed by atoms with Crippen LogP contribution >= 0.6 is 11.6 Å². The Morgan fingerprint density at radius 2 is 2.29 bits per heavy atom. The Balaban J connectivity index is 1.50. The monoisotopic (exact) mass is 304 g/mol. The minimum absolute atomic E-state index is 0.0951. The van der Waals surface area contributed by atoms with Gasteiger partial charge in [-0.15, -0.1) is 0 Å². The van der Waals surface area contributed by atoms with Gasteiger partial charge in [0, 0.05) is 25.3 Å². The molecule has 2 aliphatic rings. The molecule has 4 rings (SSSR count). The molecule has 2 aromatic heterocycles. The van der Waals surface area contributed by atoms with E-state index in [0.717, 1.165) is 24.4 Å². The van der Waals surface area contributed by atoms with Crippen LogP contribution in [-0.4, -0.2) is 45.9 Å². The lowest BCUT2D eigenvalue weighted by Crippen LogP contribution is -2.47. The topological polar surface area (TPSA) is 49.6 Å². The van der Waals surface area contributed by atoms with Gasteiger partial charge in [0.05, 0.1) is 10.5 Å². The summed E-state index contributed by atoms with van der Waals surface area (Å²) in [4.78, 5) is 19.0. The summed E-state index contributed by atoms with van der Waals surface area (Å²) >= 11 is 5.95. The summed E-state index contributed by atoms with van der Waals surface area (Å²) in [7, 11) is 0. The fourth-order valence-electron chi connectivity index (χ4n) is 3.53. The molecule has 0 aliphatic carbocycles. The molecule has 0 saturated carbocycles. The van der Waals surface area contributed by atoms with Crippen LogP contribution in [0.1, 0.15) is 23.3 Å². The number of nitrogens with zero attached hydrogens (tertiary/aromatic N) is 3. The number of fused-ring (bicyclic) bond motifs is 3. The van der Waals surface area contributed by atoms with E-state index in [9.17, 15) is 4.79 Å². The minimum atomic E-state index is -0.0951. The van der Waals surface area contributed by atoms with E-state index in [1.807, 2.05) is 10.5 Å². The summed E-state index contributed by atoms with van der Waals surface area (Å²) in [5.41, 5.74) is 1.33. The number of carbonyl (C=O) groups excluding carboxylic acids is 1. The zero-order chi connectivity index (χ0) is 14.4. The highest BCUT2D eigenvalue weighted by Crippen LogP contribution is 2.26. The fourth-order valence-corrected chi connectivity index (χ4v) is 3.74. The van der Waals surface area contributed by atoms with E-state index >= 15 is 0 Å². The SMILES string of the molecule is O=C(N[C@@H]1C[C@H]2CCN(C2)C1)c1cc2cc(Cl)cn2cn1. The van der Waals surface area contributed by atoms with Crippen molar-refractivity contribution in [1.82, 2.24) is 19.6 Å². The summed E-state index contributed by atoms with van der Waals surface area (Å²) < 4.78 is 1.81. The largest absolute Gasteiger partial charge is 0.347 e. The van der Waals surface area contributed by atoms with Crippen molar-refractivity contribution in [3.63, 3.8) is 0 Å². The molecule has 2 bridgehead atoms. The van der Waals surface area contributed by atoms with Gasteiger partial charge in [-0.25, -0.2) is 4.98 Å². The second-order valence-electron chi connectivity index (χ2n) is 6.08. The average Bonchev–Trinajstić information content (AvgIpc) is 2.99. The third-order valence-corrected chi connectivity index (χ3v) is 4.69. The number of hydrogen-bond acceptors (Lipinski definition) is 3. The molecule has 2 aromatic rings. The van der Waals surface area contributed by atoms with Crippen molar-refractivity contribution in [3.8, 4) is 0 Å². The summed E-state index contributed by atoms with van der Waals surface area (Å²) in [6.45, 7) is 3.32. The molecule has 21 heavy (non-hydrogen) atoms. The predicted molar refractivity (Wildman–Crippen MR) is 80.6 cm³/mol. The fraction of sp³-hybridized carbons (Fsp3) is 0.467. The maximum absolute atomic E-state index is 12.4. The number of piperidine rings is 1. The Labute approximate surface area is 127 Å². The molecule has 0 spiro atoms. The quantitative estimate of drug-likeness (QED) is 0.920. The number of carbonyl (C=O) groups is 1. The number of aromatic nitrogens is 2. The van der Waals surface area contributed by atoms with Crippen molar-refractivity contribution in [2.75, 3.05) is 19.6 Å². The van der Waals surface area contributed by atoms with Gasteiger partial charge < -0.3 is 14.6 Å². The van der Waals surface area contributed by atoms with Crippen molar-refractivity contribution >= 4 is 23.0 Å².